The van der Waals surface area contributed by atoms with Gasteiger partial charge in [0.1, 0.15) is 6.10 Å². The standard InChI is InChI=1S/C15H20O3/c1-5-17-14(16)18-13-9-10-6-7-11(13)8-12(10)15(2,3)4/h6-8,13H,5,9H2,1-4H3. The summed E-state index contributed by atoms with van der Waals surface area (Å²) in [7, 11) is 0. The van der Waals surface area contributed by atoms with Crippen molar-refractivity contribution < 1.29 is 14.3 Å². The molecule has 3 heteroatoms. The largest absolute Gasteiger partial charge is 0.508 e. The Morgan fingerprint density at radius 3 is 2.61 bits per heavy atom. The van der Waals surface area contributed by atoms with Gasteiger partial charge in [-0.2, -0.15) is 0 Å². The van der Waals surface area contributed by atoms with Crippen LogP contribution in [0.2, 0.25) is 0 Å². The second-order valence-corrected chi connectivity index (χ2v) is 5.66. The number of carbonyl (C=O) groups excluding carboxylic acids is 1. The minimum atomic E-state index is -0.581. The molecular formula is C15H20O3. The van der Waals surface area contributed by atoms with E-state index in [9.17, 15) is 4.79 Å². The molecule has 98 valence electrons. The number of benzene rings is 1. The van der Waals surface area contributed by atoms with Gasteiger partial charge in [0.25, 0.3) is 0 Å². The SMILES string of the molecule is CCOC(=O)OC1Cc2ccc1cc2C(C)(C)C. The Hall–Kier alpha value is -1.51. The third kappa shape index (κ3) is 2.50. The van der Waals surface area contributed by atoms with E-state index in [1.807, 2.05) is 6.07 Å². The Kier molecular flexibility index (Phi) is 3.33. The molecule has 2 aliphatic rings. The molecule has 0 N–H and O–H groups in total. The Labute approximate surface area is 108 Å². The van der Waals surface area contributed by atoms with Gasteiger partial charge in [0, 0.05) is 6.42 Å². The third-order valence-corrected chi connectivity index (χ3v) is 3.22. The monoisotopic (exact) mass is 248 g/mol. The number of rotatable bonds is 2. The molecular weight excluding hydrogens is 228 g/mol. The van der Waals surface area contributed by atoms with E-state index in [2.05, 4.69) is 32.9 Å². The summed E-state index contributed by atoms with van der Waals surface area (Å²) in [5.41, 5.74) is 3.78. The lowest BCUT2D eigenvalue weighted by Crippen LogP contribution is -2.23. The van der Waals surface area contributed by atoms with Crippen molar-refractivity contribution >= 4 is 6.16 Å². The van der Waals surface area contributed by atoms with Crippen molar-refractivity contribution in [2.24, 2.45) is 0 Å². The third-order valence-electron chi connectivity index (χ3n) is 3.22. The molecule has 2 aliphatic carbocycles. The van der Waals surface area contributed by atoms with Crippen LogP contribution < -0.4 is 0 Å². The van der Waals surface area contributed by atoms with Crippen LogP contribution in [0, 0.1) is 0 Å². The second kappa shape index (κ2) is 4.63. The molecule has 3 nitrogen and oxygen atoms in total. The highest BCUT2D eigenvalue weighted by Crippen LogP contribution is 2.37. The first-order valence-electron chi connectivity index (χ1n) is 6.38. The fourth-order valence-electron chi connectivity index (χ4n) is 2.37. The van der Waals surface area contributed by atoms with Crippen LogP contribution in [0.4, 0.5) is 4.79 Å². The quantitative estimate of drug-likeness (QED) is 0.748. The van der Waals surface area contributed by atoms with E-state index < -0.39 is 6.16 Å². The highest BCUT2D eigenvalue weighted by atomic mass is 16.7. The molecule has 0 saturated carbocycles. The van der Waals surface area contributed by atoms with E-state index in [1.165, 1.54) is 11.1 Å². The van der Waals surface area contributed by atoms with E-state index in [-0.39, 0.29) is 11.5 Å². The first-order chi connectivity index (χ1) is 8.41. The summed E-state index contributed by atoms with van der Waals surface area (Å²) >= 11 is 0. The zero-order valence-electron chi connectivity index (χ0n) is 11.4. The minimum Gasteiger partial charge on any atom is -0.435 e. The first-order valence-corrected chi connectivity index (χ1v) is 6.38. The van der Waals surface area contributed by atoms with E-state index in [1.54, 1.807) is 6.92 Å². The van der Waals surface area contributed by atoms with Crippen molar-refractivity contribution in [3.05, 3.63) is 34.9 Å². The molecule has 0 aliphatic heterocycles. The summed E-state index contributed by atoms with van der Waals surface area (Å²) in [5.74, 6) is 0. The molecule has 0 fully saturated rings. The fraction of sp³-hybridized carbons (Fsp3) is 0.533. The van der Waals surface area contributed by atoms with Crippen LogP contribution >= 0.6 is 0 Å². The summed E-state index contributed by atoms with van der Waals surface area (Å²) in [6, 6.07) is 6.29. The average Bonchev–Trinajstić information content (AvgIpc) is 2.28. The van der Waals surface area contributed by atoms with Gasteiger partial charge in [-0.3, -0.25) is 0 Å². The first kappa shape index (κ1) is 12.9. The molecule has 0 aromatic heterocycles. The number of hydrogen-bond acceptors (Lipinski definition) is 3. The molecule has 1 unspecified atom stereocenters. The molecule has 2 bridgehead atoms. The van der Waals surface area contributed by atoms with Crippen LogP contribution in [0.5, 0.6) is 0 Å². The fourth-order valence-corrected chi connectivity index (χ4v) is 2.37. The van der Waals surface area contributed by atoms with Gasteiger partial charge in [0.2, 0.25) is 0 Å². The van der Waals surface area contributed by atoms with Crippen molar-refractivity contribution in [3.8, 4) is 0 Å². The van der Waals surface area contributed by atoms with Crippen molar-refractivity contribution in [2.45, 2.75) is 45.6 Å². The van der Waals surface area contributed by atoms with E-state index in [4.69, 9.17) is 9.47 Å². The summed E-state index contributed by atoms with van der Waals surface area (Å²) in [6.07, 6.45) is -0.00860. The molecule has 3 rings (SSSR count). The predicted octanol–water partition coefficient (Wildman–Crippen LogP) is 3.75. The molecule has 0 amide bonds. The maximum atomic E-state index is 11.4. The Balaban J connectivity index is 2.17. The second-order valence-electron chi connectivity index (χ2n) is 5.66. The summed E-state index contributed by atoms with van der Waals surface area (Å²) in [5, 5.41) is 0. The van der Waals surface area contributed by atoms with Gasteiger partial charge in [-0.15, -0.1) is 0 Å². The lowest BCUT2D eigenvalue weighted by Gasteiger charge is -2.31. The van der Waals surface area contributed by atoms with Gasteiger partial charge >= 0.3 is 6.16 Å². The van der Waals surface area contributed by atoms with Crippen molar-refractivity contribution in [2.75, 3.05) is 6.61 Å². The van der Waals surface area contributed by atoms with Crippen LogP contribution in [-0.2, 0) is 21.3 Å². The molecule has 0 radical (unpaired) electrons. The zero-order valence-corrected chi connectivity index (χ0v) is 11.4. The normalized spacial score (nSPS) is 17.7. The number of ether oxygens (including phenoxy) is 2. The van der Waals surface area contributed by atoms with E-state index in [0.29, 0.717) is 6.61 Å². The molecule has 1 aromatic rings. The van der Waals surface area contributed by atoms with Gasteiger partial charge < -0.3 is 9.47 Å². The minimum absolute atomic E-state index is 0.125. The maximum Gasteiger partial charge on any atom is 0.508 e. The van der Waals surface area contributed by atoms with Gasteiger partial charge in [0.05, 0.1) is 6.61 Å². The highest BCUT2D eigenvalue weighted by Gasteiger charge is 2.29. The Bertz CT molecular complexity index is 457. The maximum absolute atomic E-state index is 11.4. The molecule has 1 atom stereocenters. The van der Waals surface area contributed by atoms with Crippen LogP contribution in [0.25, 0.3) is 0 Å². The Morgan fingerprint density at radius 2 is 2.11 bits per heavy atom. The lowest BCUT2D eigenvalue weighted by atomic mass is 9.77. The van der Waals surface area contributed by atoms with E-state index in [0.717, 1.165) is 12.0 Å². The topological polar surface area (TPSA) is 35.5 Å². The van der Waals surface area contributed by atoms with Crippen LogP contribution in [0.15, 0.2) is 18.2 Å². The number of fused-ring (bicyclic) bond motifs is 3. The molecule has 0 saturated heterocycles. The van der Waals surface area contributed by atoms with Gasteiger partial charge in [-0.1, -0.05) is 39.0 Å². The molecule has 1 aromatic carbocycles. The van der Waals surface area contributed by atoms with Crippen molar-refractivity contribution in [1.29, 1.82) is 0 Å². The van der Waals surface area contributed by atoms with Crippen molar-refractivity contribution in [1.82, 2.24) is 0 Å². The molecule has 0 heterocycles. The summed E-state index contributed by atoms with van der Waals surface area (Å²) < 4.78 is 10.1. The summed E-state index contributed by atoms with van der Waals surface area (Å²) in [6.45, 7) is 8.70. The molecule has 0 spiro atoms. The number of carbonyl (C=O) groups is 1. The van der Waals surface area contributed by atoms with Crippen molar-refractivity contribution in [3.63, 3.8) is 0 Å². The van der Waals surface area contributed by atoms with E-state index >= 15 is 0 Å². The van der Waals surface area contributed by atoms with Gasteiger partial charge in [-0.25, -0.2) is 4.79 Å². The zero-order chi connectivity index (χ0) is 13.3. The Morgan fingerprint density at radius 1 is 1.39 bits per heavy atom. The molecule has 18 heavy (non-hydrogen) atoms. The lowest BCUT2D eigenvalue weighted by molar-refractivity contribution is 0.0244. The predicted molar refractivity (Wildman–Crippen MR) is 69.7 cm³/mol. The van der Waals surface area contributed by atoms with Crippen LogP contribution in [0.3, 0.4) is 0 Å². The summed E-state index contributed by atoms with van der Waals surface area (Å²) in [4.78, 5) is 11.4. The van der Waals surface area contributed by atoms with Crippen LogP contribution in [0.1, 0.15) is 50.5 Å². The average molecular weight is 248 g/mol. The van der Waals surface area contributed by atoms with Gasteiger partial charge in [-0.05, 0) is 29.0 Å². The number of hydrogen-bond donors (Lipinski definition) is 0. The van der Waals surface area contributed by atoms with Crippen LogP contribution in [-0.4, -0.2) is 12.8 Å². The highest BCUT2D eigenvalue weighted by molar-refractivity contribution is 5.61. The smallest absolute Gasteiger partial charge is 0.435 e. The van der Waals surface area contributed by atoms with Gasteiger partial charge in [0.15, 0.2) is 0 Å².